The number of hydrogen-bond donors (Lipinski definition) is 0. The Bertz CT molecular complexity index is 535. The maximum atomic E-state index is 5.82. The molecule has 0 amide bonds. The molecule has 0 aromatic carbocycles. The van der Waals surface area contributed by atoms with Gasteiger partial charge >= 0.3 is 0 Å². The lowest BCUT2D eigenvalue weighted by Gasteiger charge is -2.20. The van der Waals surface area contributed by atoms with Crippen molar-refractivity contribution in [2.75, 3.05) is 13.2 Å². The van der Waals surface area contributed by atoms with Gasteiger partial charge in [0, 0.05) is 25.3 Å². The Morgan fingerprint density at radius 2 is 2.16 bits per heavy atom. The van der Waals surface area contributed by atoms with Crippen LogP contribution in [0.5, 0.6) is 0 Å². The van der Waals surface area contributed by atoms with Gasteiger partial charge in [0.15, 0.2) is 5.82 Å². The van der Waals surface area contributed by atoms with Gasteiger partial charge in [0.1, 0.15) is 0 Å². The van der Waals surface area contributed by atoms with Gasteiger partial charge < -0.3 is 4.74 Å². The molecule has 1 aliphatic heterocycles. The summed E-state index contributed by atoms with van der Waals surface area (Å²) >= 11 is 5.82. The summed E-state index contributed by atoms with van der Waals surface area (Å²) in [7, 11) is 0. The molecule has 2 aromatic heterocycles. The summed E-state index contributed by atoms with van der Waals surface area (Å²) in [4.78, 5) is 4.27. The van der Waals surface area contributed by atoms with Gasteiger partial charge in [0.05, 0.1) is 17.3 Å². The molecule has 1 aliphatic rings. The maximum absolute atomic E-state index is 5.82. The molecular formula is C12H14ClN5O. The van der Waals surface area contributed by atoms with Crippen molar-refractivity contribution in [2.45, 2.75) is 25.3 Å². The van der Waals surface area contributed by atoms with Crippen LogP contribution in [0.2, 0.25) is 5.02 Å². The first-order chi connectivity index (χ1) is 9.33. The molecule has 2 aromatic rings. The van der Waals surface area contributed by atoms with Gasteiger partial charge in [-0.2, -0.15) is 0 Å². The minimum atomic E-state index is 0.371. The van der Waals surface area contributed by atoms with Gasteiger partial charge in [-0.3, -0.25) is 4.98 Å². The standard InChI is InChI=1S/C12H14ClN5O/c13-10-1-2-11(14-7-10)8-18-12(15-16-17-18)9-3-5-19-6-4-9/h1-2,7,9H,3-6,8H2. The number of ether oxygens (including phenoxy) is 1. The molecule has 0 atom stereocenters. The number of rotatable bonds is 3. The third-order valence-electron chi connectivity index (χ3n) is 3.25. The van der Waals surface area contributed by atoms with Crippen molar-refractivity contribution in [2.24, 2.45) is 0 Å². The molecule has 3 heterocycles. The van der Waals surface area contributed by atoms with Crippen LogP contribution in [0.4, 0.5) is 0 Å². The van der Waals surface area contributed by atoms with Crippen LogP contribution in [-0.4, -0.2) is 38.4 Å². The van der Waals surface area contributed by atoms with Crippen molar-refractivity contribution < 1.29 is 4.74 Å². The highest BCUT2D eigenvalue weighted by Gasteiger charge is 2.22. The van der Waals surface area contributed by atoms with E-state index < -0.39 is 0 Å². The largest absolute Gasteiger partial charge is 0.381 e. The maximum Gasteiger partial charge on any atom is 0.154 e. The van der Waals surface area contributed by atoms with Gasteiger partial charge in [-0.05, 0) is 35.4 Å². The monoisotopic (exact) mass is 279 g/mol. The zero-order chi connectivity index (χ0) is 13.1. The van der Waals surface area contributed by atoms with Crippen molar-refractivity contribution in [3.8, 4) is 0 Å². The molecule has 6 nitrogen and oxygen atoms in total. The van der Waals surface area contributed by atoms with Crippen LogP contribution in [0.15, 0.2) is 18.3 Å². The molecule has 100 valence electrons. The van der Waals surface area contributed by atoms with Crippen molar-refractivity contribution in [1.82, 2.24) is 25.2 Å². The molecule has 0 N–H and O–H groups in total. The SMILES string of the molecule is Clc1ccc(Cn2nnnc2C2CCOCC2)nc1. The molecule has 0 radical (unpaired) electrons. The fraction of sp³-hybridized carbons (Fsp3) is 0.500. The summed E-state index contributed by atoms with van der Waals surface area (Å²) in [5.41, 5.74) is 0.894. The van der Waals surface area contributed by atoms with Crippen LogP contribution in [-0.2, 0) is 11.3 Å². The first kappa shape index (κ1) is 12.5. The Morgan fingerprint density at radius 3 is 2.89 bits per heavy atom. The van der Waals surface area contributed by atoms with Crippen LogP contribution in [0.25, 0.3) is 0 Å². The van der Waals surface area contributed by atoms with Gasteiger partial charge in [0.2, 0.25) is 0 Å². The molecule has 0 aliphatic carbocycles. The van der Waals surface area contributed by atoms with Gasteiger partial charge in [-0.1, -0.05) is 11.6 Å². The predicted octanol–water partition coefficient (Wildman–Crippen LogP) is 1.66. The minimum Gasteiger partial charge on any atom is -0.381 e. The number of nitrogens with zero attached hydrogens (tertiary/aromatic N) is 5. The fourth-order valence-corrected chi connectivity index (χ4v) is 2.34. The summed E-state index contributed by atoms with van der Waals surface area (Å²) < 4.78 is 7.18. The Morgan fingerprint density at radius 1 is 1.32 bits per heavy atom. The van der Waals surface area contributed by atoms with E-state index in [0.29, 0.717) is 17.5 Å². The second-order valence-corrected chi connectivity index (χ2v) is 4.99. The van der Waals surface area contributed by atoms with Crippen LogP contribution in [0.3, 0.4) is 0 Å². The van der Waals surface area contributed by atoms with Crippen molar-refractivity contribution in [3.05, 3.63) is 34.9 Å². The molecule has 1 saturated heterocycles. The third-order valence-corrected chi connectivity index (χ3v) is 3.47. The number of pyridine rings is 1. The van der Waals surface area contributed by atoms with Crippen molar-refractivity contribution in [1.29, 1.82) is 0 Å². The molecule has 0 spiro atoms. The van der Waals surface area contributed by atoms with Crippen LogP contribution >= 0.6 is 11.6 Å². The molecular weight excluding hydrogens is 266 g/mol. The fourth-order valence-electron chi connectivity index (χ4n) is 2.23. The Balaban J connectivity index is 1.77. The number of tetrazole rings is 1. The van der Waals surface area contributed by atoms with E-state index >= 15 is 0 Å². The smallest absolute Gasteiger partial charge is 0.154 e. The van der Waals surface area contributed by atoms with Gasteiger partial charge in [0.25, 0.3) is 0 Å². The number of hydrogen-bond acceptors (Lipinski definition) is 5. The van der Waals surface area contributed by atoms with E-state index in [1.54, 1.807) is 6.20 Å². The van der Waals surface area contributed by atoms with E-state index in [1.807, 2.05) is 16.8 Å². The van der Waals surface area contributed by atoms with Crippen molar-refractivity contribution in [3.63, 3.8) is 0 Å². The molecule has 7 heteroatoms. The highest BCUT2D eigenvalue weighted by atomic mass is 35.5. The average molecular weight is 280 g/mol. The first-order valence-electron chi connectivity index (χ1n) is 6.27. The van der Waals surface area contributed by atoms with E-state index in [4.69, 9.17) is 16.3 Å². The topological polar surface area (TPSA) is 65.7 Å². The number of halogens is 1. The van der Waals surface area contributed by atoms with Gasteiger partial charge in [-0.25, -0.2) is 4.68 Å². The predicted molar refractivity (Wildman–Crippen MR) is 69.0 cm³/mol. The van der Waals surface area contributed by atoms with E-state index in [0.717, 1.165) is 37.6 Å². The van der Waals surface area contributed by atoms with Crippen LogP contribution < -0.4 is 0 Å². The molecule has 0 bridgehead atoms. The zero-order valence-corrected chi connectivity index (χ0v) is 11.1. The lowest BCUT2D eigenvalue weighted by atomic mass is 9.99. The highest BCUT2D eigenvalue weighted by Crippen LogP contribution is 2.24. The summed E-state index contributed by atoms with van der Waals surface area (Å²) in [6.07, 6.45) is 3.57. The Hall–Kier alpha value is -1.53. The second kappa shape index (κ2) is 5.63. The zero-order valence-electron chi connectivity index (χ0n) is 10.4. The van der Waals surface area contributed by atoms with Crippen LogP contribution in [0.1, 0.15) is 30.3 Å². The summed E-state index contributed by atoms with van der Waals surface area (Å²) in [5.74, 6) is 1.29. The molecule has 1 fully saturated rings. The molecule has 19 heavy (non-hydrogen) atoms. The highest BCUT2D eigenvalue weighted by molar-refractivity contribution is 6.30. The lowest BCUT2D eigenvalue weighted by molar-refractivity contribution is 0.0826. The quantitative estimate of drug-likeness (QED) is 0.855. The molecule has 3 rings (SSSR count). The second-order valence-electron chi connectivity index (χ2n) is 4.55. The lowest BCUT2D eigenvalue weighted by Crippen LogP contribution is -2.19. The van der Waals surface area contributed by atoms with E-state index in [9.17, 15) is 0 Å². The normalized spacial score (nSPS) is 16.7. The Labute approximate surface area is 115 Å². The average Bonchev–Trinajstić information content (AvgIpc) is 2.90. The van der Waals surface area contributed by atoms with Gasteiger partial charge in [-0.15, -0.1) is 5.10 Å². The molecule has 0 unspecified atom stereocenters. The van der Waals surface area contributed by atoms with Crippen LogP contribution in [0, 0.1) is 0 Å². The minimum absolute atomic E-state index is 0.371. The summed E-state index contributed by atoms with van der Waals surface area (Å²) in [6.45, 7) is 2.12. The summed E-state index contributed by atoms with van der Waals surface area (Å²) in [6, 6.07) is 3.71. The molecule has 0 saturated carbocycles. The summed E-state index contributed by atoms with van der Waals surface area (Å²) in [5, 5.41) is 12.6. The first-order valence-corrected chi connectivity index (χ1v) is 6.65. The number of aromatic nitrogens is 5. The van der Waals surface area contributed by atoms with E-state index in [-0.39, 0.29) is 0 Å². The van der Waals surface area contributed by atoms with E-state index in [2.05, 4.69) is 20.5 Å². The van der Waals surface area contributed by atoms with E-state index in [1.165, 1.54) is 0 Å². The third kappa shape index (κ3) is 2.90. The Kier molecular flexibility index (Phi) is 3.70. The van der Waals surface area contributed by atoms with Crippen molar-refractivity contribution >= 4 is 11.6 Å².